The highest BCUT2D eigenvalue weighted by molar-refractivity contribution is 7.80. The molecular formula is C16H17NO3S. The van der Waals surface area contributed by atoms with E-state index in [0.717, 1.165) is 16.7 Å². The molecule has 4 nitrogen and oxygen atoms in total. The zero-order valence-electron chi connectivity index (χ0n) is 11.7. The Kier molecular flexibility index (Phi) is 5.14. The number of ether oxygens (including phenoxy) is 2. The number of benzene rings is 2. The maximum absolute atomic E-state index is 9.13. The first kappa shape index (κ1) is 15.3. The van der Waals surface area contributed by atoms with Crippen LogP contribution in [0.1, 0.15) is 16.7 Å². The standard InChI is InChI=1S/C16H17NO3S/c1-19-15-8-11(9-18)6-7-14(15)20-10-12-4-2-3-5-13(12)16(17)21/h2-8,18H,9-10H2,1H3,(H2,17,21). The van der Waals surface area contributed by atoms with Crippen molar-refractivity contribution in [1.82, 2.24) is 0 Å². The van der Waals surface area contributed by atoms with Gasteiger partial charge in [-0.25, -0.2) is 0 Å². The van der Waals surface area contributed by atoms with Crippen molar-refractivity contribution in [3.8, 4) is 11.5 Å². The predicted molar refractivity (Wildman–Crippen MR) is 85.6 cm³/mol. The summed E-state index contributed by atoms with van der Waals surface area (Å²) in [5, 5.41) is 9.13. The number of rotatable bonds is 6. The second kappa shape index (κ2) is 7.06. The van der Waals surface area contributed by atoms with Crippen LogP contribution in [0.15, 0.2) is 42.5 Å². The van der Waals surface area contributed by atoms with E-state index in [9.17, 15) is 0 Å². The summed E-state index contributed by atoms with van der Waals surface area (Å²) < 4.78 is 11.0. The molecule has 0 saturated carbocycles. The fraction of sp³-hybridized carbons (Fsp3) is 0.188. The van der Waals surface area contributed by atoms with Crippen molar-refractivity contribution >= 4 is 17.2 Å². The minimum atomic E-state index is -0.0408. The van der Waals surface area contributed by atoms with Crippen molar-refractivity contribution in [3.63, 3.8) is 0 Å². The molecule has 0 saturated heterocycles. The van der Waals surface area contributed by atoms with E-state index < -0.39 is 0 Å². The summed E-state index contributed by atoms with van der Waals surface area (Å²) in [7, 11) is 1.56. The third kappa shape index (κ3) is 3.71. The van der Waals surface area contributed by atoms with Gasteiger partial charge >= 0.3 is 0 Å². The van der Waals surface area contributed by atoms with E-state index in [1.165, 1.54) is 0 Å². The van der Waals surface area contributed by atoms with E-state index in [1.54, 1.807) is 25.3 Å². The molecule has 0 radical (unpaired) electrons. The van der Waals surface area contributed by atoms with E-state index in [1.807, 2.05) is 24.3 Å². The van der Waals surface area contributed by atoms with E-state index in [0.29, 0.717) is 23.1 Å². The highest BCUT2D eigenvalue weighted by Crippen LogP contribution is 2.29. The van der Waals surface area contributed by atoms with E-state index in [2.05, 4.69) is 0 Å². The molecule has 0 bridgehead atoms. The lowest BCUT2D eigenvalue weighted by molar-refractivity contribution is 0.274. The van der Waals surface area contributed by atoms with Crippen LogP contribution in [0.5, 0.6) is 11.5 Å². The molecule has 21 heavy (non-hydrogen) atoms. The molecular weight excluding hydrogens is 286 g/mol. The van der Waals surface area contributed by atoms with Crippen molar-refractivity contribution in [2.45, 2.75) is 13.2 Å². The van der Waals surface area contributed by atoms with Crippen molar-refractivity contribution in [3.05, 3.63) is 59.2 Å². The molecule has 0 atom stereocenters. The molecule has 3 N–H and O–H groups in total. The Morgan fingerprint density at radius 1 is 1.19 bits per heavy atom. The van der Waals surface area contributed by atoms with Gasteiger partial charge in [-0.15, -0.1) is 0 Å². The summed E-state index contributed by atoms with van der Waals surface area (Å²) in [6.07, 6.45) is 0. The minimum absolute atomic E-state index is 0.0408. The van der Waals surface area contributed by atoms with Crippen molar-refractivity contribution in [2.24, 2.45) is 5.73 Å². The molecule has 0 unspecified atom stereocenters. The van der Waals surface area contributed by atoms with E-state index in [4.69, 9.17) is 32.5 Å². The Labute approximate surface area is 129 Å². The van der Waals surface area contributed by atoms with E-state index >= 15 is 0 Å². The van der Waals surface area contributed by atoms with Gasteiger partial charge in [-0.3, -0.25) is 0 Å². The summed E-state index contributed by atoms with van der Waals surface area (Å²) in [6.45, 7) is 0.295. The highest BCUT2D eigenvalue weighted by atomic mass is 32.1. The molecule has 0 heterocycles. The van der Waals surface area contributed by atoms with Gasteiger partial charge in [-0.2, -0.15) is 0 Å². The fourth-order valence-electron chi connectivity index (χ4n) is 1.97. The van der Waals surface area contributed by atoms with Gasteiger partial charge in [-0.1, -0.05) is 42.5 Å². The molecule has 2 aromatic carbocycles. The summed E-state index contributed by atoms with van der Waals surface area (Å²) in [5.41, 5.74) is 8.19. The van der Waals surface area contributed by atoms with Gasteiger partial charge < -0.3 is 20.3 Å². The molecule has 2 aromatic rings. The van der Waals surface area contributed by atoms with Gasteiger partial charge in [0.2, 0.25) is 0 Å². The zero-order valence-corrected chi connectivity index (χ0v) is 12.5. The first-order valence-electron chi connectivity index (χ1n) is 6.44. The summed E-state index contributed by atoms with van der Waals surface area (Å²) >= 11 is 5.03. The first-order valence-corrected chi connectivity index (χ1v) is 6.84. The molecule has 2 rings (SSSR count). The first-order chi connectivity index (χ1) is 10.2. The van der Waals surface area contributed by atoms with Crippen LogP contribution in [0.2, 0.25) is 0 Å². The average molecular weight is 303 g/mol. The zero-order chi connectivity index (χ0) is 15.2. The second-order valence-corrected chi connectivity index (χ2v) is 4.89. The molecule has 0 aromatic heterocycles. The SMILES string of the molecule is COc1cc(CO)ccc1OCc1ccccc1C(N)=S. The van der Waals surface area contributed by atoms with Crippen LogP contribution >= 0.6 is 12.2 Å². The average Bonchev–Trinajstić information content (AvgIpc) is 2.52. The Bertz CT molecular complexity index is 643. The smallest absolute Gasteiger partial charge is 0.161 e. The largest absolute Gasteiger partial charge is 0.493 e. The van der Waals surface area contributed by atoms with Gasteiger partial charge in [0, 0.05) is 5.56 Å². The van der Waals surface area contributed by atoms with Gasteiger partial charge in [0.05, 0.1) is 13.7 Å². The molecule has 5 heteroatoms. The van der Waals surface area contributed by atoms with Crippen LogP contribution in [-0.2, 0) is 13.2 Å². The maximum atomic E-state index is 9.13. The van der Waals surface area contributed by atoms with Gasteiger partial charge in [0.1, 0.15) is 11.6 Å². The van der Waals surface area contributed by atoms with Gasteiger partial charge in [0.25, 0.3) is 0 Å². The molecule has 0 spiro atoms. The summed E-state index contributed by atoms with van der Waals surface area (Å²) in [4.78, 5) is 0.344. The number of thiocarbonyl (C=S) groups is 1. The van der Waals surface area contributed by atoms with Crippen LogP contribution in [0.25, 0.3) is 0 Å². The molecule has 0 amide bonds. The Hall–Kier alpha value is -2.11. The predicted octanol–water partition coefficient (Wildman–Crippen LogP) is 2.40. The summed E-state index contributed by atoms with van der Waals surface area (Å²) in [5.74, 6) is 1.18. The van der Waals surface area contributed by atoms with Crippen LogP contribution in [0.4, 0.5) is 0 Å². The number of hydrogen-bond acceptors (Lipinski definition) is 4. The topological polar surface area (TPSA) is 64.7 Å². The number of nitrogens with two attached hydrogens (primary N) is 1. The normalized spacial score (nSPS) is 10.2. The summed E-state index contributed by atoms with van der Waals surface area (Å²) in [6, 6.07) is 12.9. The second-order valence-electron chi connectivity index (χ2n) is 4.45. The Morgan fingerprint density at radius 2 is 1.95 bits per heavy atom. The third-order valence-corrected chi connectivity index (χ3v) is 3.30. The number of aliphatic hydroxyl groups excluding tert-OH is 1. The van der Waals surface area contributed by atoms with Crippen LogP contribution < -0.4 is 15.2 Å². The van der Waals surface area contributed by atoms with Crippen LogP contribution in [0.3, 0.4) is 0 Å². The molecule has 110 valence electrons. The number of hydrogen-bond donors (Lipinski definition) is 2. The lowest BCUT2D eigenvalue weighted by Gasteiger charge is -2.13. The number of methoxy groups -OCH3 is 1. The third-order valence-electron chi connectivity index (χ3n) is 3.08. The highest BCUT2D eigenvalue weighted by Gasteiger charge is 2.08. The van der Waals surface area contributed by atoms with Crippen LogP contribution in [0, 0.1) is 0 Å². The lowest BCUT2D eigenvalue weighted by atomic mass is 10.1. The fourth-order valence-corrected chi connectivity index (χ4v) is 2.17. The van der Waals surface area contributed by atoms with Crippen molar-refractivity contribution in [1.29, 1.82) is 0 Å². The molecule has 0 fully saturated rings. The molecule has 0 aliphatic rings. The van der Waals surface area contributed by atoms with Gasteiger partial charge in [-0.05, 0) is 23.3 Å². The molecule has 0 aliphatic heterocycles. The quantitative estimate of drug-likeness (QED) is 0.802. The van der Waals surface area contributed by atoms with Crippen molar-refractivity contribution in [2.75, 3.05) is 7.11 Å². The van der Waals surface area contributed by atoms with E-state index in [-0.39, 0.29) is 6.61 Å². The monoisotopic (exact) mass is 303 g/mol. The molecule has 0 aliphatic carbocycles. The maximum Gasteiger partial charge on any atom is 0.161 e. The Morgan fingerprint density at radius 3 is 2.62 bits per heavy atom. The Balaban J connectivity index is 2.19. The minimum Gasteiger partial charge on any atom is -0.493 e. The lowest BCUT2D eigenvalue weighted by Crippen LogP contribution is -2.13. The van der Waals surface area contributed by atoms with Gasteiger partial charge in [0.15, 0.2) is 11.5 Å². The van der Waals surface area contributed by atoms with Crippen molar-refractivity contribution < 1.29 is 14.6 Å². The number of aliphatic hydroxyl groups is 1. The van der Waals surface area contributed by atoms with Crippen LogP contribution in [-0.4, -0.2) is 17.2 Å².